The van der Waals surface area contributed by atoms with Crippen molar-refractivity contribution in [1.82, 2.24) is 0 Å². The molecule has 0 bridgehead atoms. The molecular formula is C16H33Cl2NSi2Ti-. The van der Waals surface area contributed by atoms with E-state index in [0.717, 1.165) is 0 Å². The molecule has 0 aliphatic heterocycles. The summed E-state index contributed by atoms with van der Waals surface area (Å²) in [6, 6.07) is 0. The predicted molar refractivity (Wildman–Crippen MR) is 106 cm³/mol. The van der Waals surface area contributed by atoms with E-state index in [1.165, 1.54) is 29.6 Å². The Morgan fingerprint density at radius 2 is 0.727 bits per heavy atom. The van der Waals surface area contributed by atoms with Gasteiger partial charge in [0, 0.05) is 0 Å². The molecule has 0 spiro atoms. The van der Waals surface area contributed by atoms with E-state index in [-0.39, 0.29) is 0 Å². The third-order valence-corrected chi connectivity index (χ3v) is 8.85. The molecular weight excluding hydrogens is 381 g/mol. The molecule has 1 fully saturated rings. The van der Waals surface area contributed by atoms with Gasteiger partial charge in [-0.1, -0.05) is 90.4 Å². The van der Waals surface area contributed by atoms with Crippen LogP contribution < -0.4 is 0 Å². The molecule has 1 aliphatic rings. The van der Waals surface area contributed by atoms with Crippen LogP contribution in [0.5, 0.6) is 0 Å². The maximum atomic E-state index is 4.89. The van der Waals surface area contributed by atoms with Crippen molar-refractivity contribution in [3.8, 4) is 0 Å². The molecule has 0 unspecified atom stereocenters. The summed E-state index contributed by atoms with van der Waals surface area (Å²) in [5.74, 6) is 7.34. The average Bonchev–Trinajstić information content (AvgIpc) is 2.45. The molecule has 5 radical (unpaired) electrons. The normalized spacial score (nSPS) is 19.3. The molecule has 1 nitrogen and oxygen atoms in total. The molecule has 1 saturated carbocycles. The van der Waals surface area contributed by atoms with Gasteiger partial charge in [-0.2, -0.15) is 0 Å². The van der Waals surface area contributed by atoms with Gasteiger partial charge in [0.05, 0.1) is 0 Å². The second kappa shape index (κ2) is 11.3. The number of rotatable bonds is 2. The van der Waals surface area contributed by atoms with E-state index in [1.54, 1.807) is 0 Å². The Kier molecular flexibility index (Phi) is 13.4. The summed E-state index contributed by atoms with van der Waals surface area (Å²) in [7, 11) is 7.57. The van der Waals surface area contributed by atoms with Gasteiger partial charge in [0.15, 0.2) is 0 Å². The zero-order valence-electron chi connectivity index (χ0n) is 16.2. The van der Waals surface area contributed by atoms with Crippen molar-refractivity contribution in [1.29, 1.82) is 0 Å². The third kappa shape index (κ3) is 12.1. The van der Waals surface area contributed by atoms with Gasteiger partial charge in [0.1, 0.15) is 0 Å². The van der Waals surface area contributed by atoms with Gasteiger partial charge < -0.3 is 4.65 Å². The summed E-state index contributed by atoms with van der Waals surface area (Å²) < 4.78 is 4.82. The Labute approximate surface area is 159 Å². The topological polar surface area (TPSA) is 14.1 Å². The Morgan fingerprint density at radius 1 is 0.591 bits per heavy atom. The monoisotopic (exact) mass is 413 g/mol. The van der Waals surface area contributed by atoms with Crippen LogP contribution in [0.4, 0.5) is 0 Å². The van der Waals surface area contributed by atoms with E-state index in [4.69, 9.17) is 23.3 Å². The molecule has 129 valence electrons. The fourth-order valence-electron chi connectivity index (χ4n) is 2.41. The van der Waals surface area contributed by atoms with Crippen molar-refractivity contribution in [2.75, 3.05) is 0 Å². The summed E-state index contributed by atoms with van der Waals surface area (Å²) in [5.41, 5.74) is 0. The minimum absolute atomic E-state index is 0.556. The molecule has 0 atom stereocenters. The van der Waals surface area contributed by atoms with Gasteiger partial charge in [0.2, 0.25) is 0 Å². The summed E-state index contributed by atoms with van der Waals surface area (Å²) in [4.78, 5) is 0. The molecule has 22 heavy (non-hydrogen) atoms. The second-order valence-electron chi connectivity index (χ2n) is 7.65. The van der Waals surface area contributed by atoms with Crippen LogP contribution in [-0.4, -0.2) is 16.5 Å². The first kappa shape index (κ1) is 25.9. The summed E-state index contributed by atoms with van der Waals surface area (Å²) >= 11 is -0.556. The molecule has 6 heteroatoms. The summed E-state index contributed by atoms with van der Waals surface area (Å²) in [6.45, 7) is 24.8. The molecule has 0 amide bonds. The van der Waals surface area contributed by atoms with Crippen LogP contribution in [0.15, 0.2) is 0 Å². The number of hydrogen-bond acceptors (Lipinski definition) is 0. The Hall–Kier alpha value is 1.69. The predicted octanol–water partition coefficient (Wildman–Crippen LogP) is 7.38. The first-order chi connectivity index (χ1) is 9.67. The molecule has 1 rings (SSSR count). The van der Waals surface area contributed by atoms with Crippen molar-refractivity contribution in [3.63, 3.8) is 0 Å². The van der Waals surface area contributed by atoms with E-state index >= 15 is 0 Å². The molecule has 0 N–H and O–H groups in total. The standard InChI is InChI=1S/C10H15.C6H18NSi2.2ClH.Ti/c1-6-7(2)9(4)10(5)8(6)3;1-8(2,3)7-9(4,5)6;;;/h1-5H3;1-6H3;2*1H;/q;-1;;;+2/p-2. The number of hydrogen-bond donors (Lipinski definition) is 0. The van der Waals surface area contributed by atoms with Gasteiger partial charge in [-0.25, -0.2) is 0 Å². The molecule has 0 heterocycles. The van der Waals surface area contributed by atoms with E-state index < -0.39 is 33.5 Å². The van der Waals surface area contributed by atoms with Gasteiger partial charge in [-0.3, -0.25) is 0 Å². The summed E-state index contributed by atoms with van der Waals surface area (Å²) in [6.07, 6.45) is 0. The van der Waals surface area contributed by atoms with Gasteiger partial charge in [-0.15, -0.1) is 0 Å². The van der Waals surface area contributed by atoms with Crippen LogP contribution in [-0.2, 0) is 17.0 Å². The SMILES string of the molecule is C[C]1[C](C)[C](C)[C](C)[C]1C.C[Si](C)(C)[N-][Si](C)(C)C.[Cl][Ti][Cl]. The van der Waals surface area contributed by atoms with Crippen molar-refractivity contribution < 1.29 is 17.0 Å². The molecule has 0 aromatic carbocycles. The average molecular weight is 414 g/mol. The first-order valence-electron chi connectivity index (χ1n) is 7.58. The van der Waals surface area contributed by atoms with Crippen molar-refractivity contribution in [3.05, 3.63) is 34.2 Å². The molecule has 1 aliphatic carbocycles. The van der Waals surface area contributed by atoms with Gasteiger partial charge >= 0.3 is 35.6 Å². The van der Waals surface area contributed by atoms with Crippen molar-refractivity contribution in [2.24, 2.45) is 0 Å². The fraction of sp³-hybridized carbons (Fsp3) is 0.688. The Morgan fingerprint density at radius 3 is 0.773 bits per heavy atom. The van der Waals surface area contributed by atoms with Crippen molar-refractivity contribution in [2.45, 2.75) is 73.9 Å². The van der Waals surface area contributed by atoms with Crippen LogP contribution in [0.3, 0.4) is 0 Å². The Bertz CT molecular complexity index is 236. The zero-order valence-corrected chi connectivity index (χ0v) is 21.3. The summed E-state index contributed by atoms with van der Waals surface area (Å²) in [5, 5.41) is 0. The van der Waals surface area contributed by atoms with Crippen LogP contribution in [0.2, 0.25) is 39.3 Å². The first-order valence-corrected chi connectivity index (χ1v) is 18.8. The molecule has 0 aromatic rings. The van der Waals surface area contributed by atoms with Crippen LogP contribution in [0.25, 0.3) is 4.65 Å². The molecule has 0 aromatic heterocycles. The second-order valence-corrected chi connectivity index (χ2v) is 19.8. The Balaban J connectivity index is 0. The fourth-order valence-corrected chi connectivity index (χ4v) is 10.5. The van der Waals surface area contributed by atoms with Gasteiger partial charge in [0.25, 0.3) is 0 Å². The minimum atomic E-state index is -1.11. The number of nitrogens with zero attached hydrogens (tertiary/aromatic N) is 1. The third-order valence-electron chi connectivity index (χ3n) is 3.48. The van der Waals surface area contributed by atoms with Crippen LogP contribution in [0, 0.1) is 29.6 Å². The van der Waals surface area contributed by atoms with Gasteiger partial charge in [-0.05, 0) is 29.6 Å². The van der Waals surface area contributed by atoms with E-state index in [2.05, 4.69) is 73.9 Å². The maximum absolute atomic E-state index is 4.89. The quantitative estimate of drug-likeness (QED) is 0.419. The van der Waals surface area contributed by atoms with E-state index in [9.17, 15) is 0 Å². The van der Waals surface area contributed by atoms with Crippen molar-refractivity contribution >= 4 is 35.1 Å². The van der Waals surface area contributed by atoms with E-state index in [0.29, 0.717) is 0 Å². The number of halogens is 2. The van der Waals surface area contributed by atoms with Crippen LogP contribution >= 0.6 is 18.6 Å². The van der Waals surface area contributed by atoms with Crippen LogP contribution in [0.1, 0.15) is 34.6 Å². The zero-order chi connectivity index (χ0) is 18.3. The molecule has 0 saturated heterocycles. The van der Waals surface area contributed by atoms with E-state index in [1.807, 2.05) is 0 Å².